The summed E-state index contributed by atoms with van der Waals surface area (Å²) in [5.41, 5.74) is 2.25. The highest BCUT2D eigenvalue weighted by Gasteiger charge is 2.43. The zero-order valence-electron chi connectivity index (χ0n) is 10.1. The van der Waals surface area contributed by atoms with Crippen LogP contribution in [0, 0.1) is 0 Å². The number of benzene rings is 1. The number of aromatic hydroxyl groups is 1. The first-order chi connectivity index (χ1) is 8.11. The number of hydrogen-bond donors (Lipinski definition) is 1. The van der Waals surface area contributed by atoms with E-state index in [-0.39, 0.29) is 11.4 Å². The van der Waals surface area contributed by atoms with Gasteiger partial charge in [0.2, 0.25) is 5.91 Å². The maximum atomic E-state index is 12.0. The van der Waals surface area contributed by atoms with Gasteiger partial charge < -0.3 is 10.0 Å². The minimum Gasteiger partial charge on any atom is -0.508 e. The Kier molecular flexibility index (Phi) is 2.18. The summed E-state index contributed by atoms with van der Waals surface area (Å²) in [4.78, 5) is 14.0. The monoisotopic (exact) mass is 231 g/mol. The fourth-order valence-electron chi connectivity index (χ4n) is 3.33. The zero-order valence-corrected chi connectivity index (χ0v) is 10.1. The Morgan fingerprint density at radius 3 is 3.00 bits per heavy atom. The molecular weight excluding hydrogens is 214 g/mol. The molecule has 1 unspecified atom stereocenters. The minimum absolute atomic E-state index is 0.156. The van der Waals surface area contributed by atoms with E-state index in [0.29, 0.717) is 12.2 Å². The van der Waals surface area contributed by atoms with Crippen molar-refractivity contribution in [3.8, 4) is 5.75 Å². The fraction of sp³-hybridized carbons (Fsp3) is 0.500. The Hall–Kier alpha value is -1.51. The van der Waals surface area contributed by atoms with Crippen molar-refractivity contribution in [2.75, 3.05) is 6.54 Å². The average Bonchev–Trinajstić information content (AvgIpc) is 2.28. The van der Waals surface area contributed by atoms with Crippen LogP contribution in [-0.4, -0.2) is 22.5 Å². The molecule has 3 nitrogen and oxygen atoms in total. The number of fused-ring (bicyclic) bond motifs is 3. The summed E-state index contributed by atoms with van der Waals surface area (Å²) in [5.74, 6) is 0.598. The summed E-state index contributed by atoms with van der Waals surface area (Å²) in [6, 6.07) is 5.55. The standard InChI is InChI=1S/C14H17NO2/c1-14-7-2-3-13(17)15(14)8-6-10-9-11(16)4-5-12(10)14/h4-5,9,16H,2-3,6-8H2,1H3. The van der Waals surface area contributed by atoms with Crippen LogP contribution in [0.1, 0.15) is 37.3 Å². The van der Waals surface area contributed by atoms with E-state index in [9.17, 15) is 9.90 Å². The Morgan fingerprint density at radius 1 is 1.35 bits per heavy atom. The summed E-state index contributed by atoms with van der Waals surface area (Å²) in [6.45, 7) is 2.94. The predicted octanol–water partition coefficient (Wildman–Crippen LogP) is 2.18. The summed E-state index contributed by atoms with van der Waals surface area (Å²) in [6.07, 6.45) is 3.52. The van der Waals surface area contributed by atoms with Gasteiger partial charge in [-0.1, -0.05) is 6.07 Å². The highest BCUT2D eigenvalue weighted by molar-refractivity contribution is 5.78. The van der Waals surface area contributed by atoms with Crippen molar-refractivity contribution in [2.45, 2.75) is 38.1 Å². The van der Waals surface area contributed by atoms with E-state index < -0.39 is 0 Å². The molecule has 17 heavy (non-hydrogen) atoms. The third kappa shape index (κ3) is 1.45. The molecule has 1 atom stereocenters. The van der Waals surface area contributed by atoms with Crippen LogP contribution in [0.3, 0.4) is 0 Å². The van der Waals surface area contributed by atoms with Crippen LogP contribution in [0.4, 0.5) is 0 Å². The van der Waals surface area contributed by atoms with Crippen molar-refractivity contribution >= 4 is 5.91 Å². The van der Waals surface area contributed by atoms with Crippen LogP contribution in [0.5, 0.6) is 5.75 Å². The summed E-state index contributed by atoms with van der Waals surface area (Å²) in [5, 5.41) is 9.54. The molecule has 0 aromatic heterocycles. The van der Waals surface area contributed by atoms with Crippen molar-refractivity contribution < 1.29 is 9.90 Å². The molecule has 1 aromatic carbocycles. The van der Waals surface area contributed by atoms with Gasteiger partial charge in [-0.25, -0.2) is 0 Å². The number of carbonyl (C=O) groups is 1. The second-order valence-electron chi connectivity index (χ2n) is 5.26. The molecule has 2 aliphatic heterocycles. The van der Waals surface area contributed by atoms with E-state index in [0.717, 1.165) is 25.8 Å². The van der Waals surface area contributed by atoms with Gasteiger partial charge in [-0.3, -0.25) is 4.79 Å². The van der Waals surface area contributed by atoms with E-state index in [1.165, 1.54) is 11.1 Å². The molecule has 1 fully saturated rings. The molecule has 2 heterocycles. The van der Waals surface area contributed by atoms with Gasteiger partial charge >= 0.3 is 0 Å². The molecule has 0 spiro atoms. The second-order valence-corrected chi connectivity index (χ2v) is 5.26. The SMILES string of the molecule is CC12CCCC(=O)N1CCc1cc(O)ccc12. The number of piperidine rings is 1. The number of phenols is 1. The summed E-state index contributed by atoms with van der Waals surface area (Å²) in [7, 11) is 0. The minimum atomic E-state index is -0.156. The smallest absolute Gasteiger partial charge is 0.223 e. The van der Waals surface area contributed by atoms with Gasteiger partial charge in [0.1, 0.15) is 5.75 Å². The van der Waals surface area contributed by atoms with Crippen molar-refractivity contribution in [3.05, 3.63) is 29.3 Å². The van der Waals surface area contributed by atoms with Crippen LogP contribution in [0.2, 0.25) is 0 Å². The Bertz CT molecular complexity index is 483. The van der Waals surface area contributed by atoms with Gasteiger partial charge in [-0.2, -0.15) is 0 Å². The molecule has 1 saturated heterocycles. The first kappa shape index (κ1) is 10.6. The van der Waals surface area contributed by atoms with Crippen LogP contribution in [0.25, 0.3) is 0 Å². The molecular formula is C14H17NO2. The number of rotatable bonds is 0. The van der Waals surface area contributed by atoms with Gasteiger partial charge in [-0.05, 0) is 49.4 Å². The normalized spacial score (nSPS) is 27.6. The van der Waals surface area contributed by atoms with Crippen LogP contribution in [-0.2, 0) is 16.8 Å². The van der Waals surface area contributed by atoms with Crippen LogP contribution < -0.4 is 0 Å². The molecule has 3 heteroatoms. The third-order valence-electron chi connectivity index (χ3n) is 4.22. The Morgan fingerprint density at radius 2 is 2.18 bits per heavy atom. The lowest BCUT2D eigenvalue weighted by Gasteiger charge is -2.49. The molecule has 1 amide bonds. The summed E-state index contributed by atoms with van der Waals surface area (Å²) >= 11 is 0. The first-order valence-electron chi connectivity index (χ1n) is 6.24. The van der Waals surface area contributed by atoms with E-state index in [2.05, 4.69) is 6.92 Å². The molecule has 90 valence electrons. The molecule has 3 rings (SSSR count). The van der Waals surface area contributed by atoms with E-state index in [1.54, 1.807) is 6.07 Å². The van der Waals surface area contributed by atoms with Crippen molar-refractivity contribution in [3.63, 3.8) is 0 Å². The largest absolute Gasteiger partial charge is 0.508 e. The fourth-order valence-corrected chi connectivity index (χ4v) is 3.33. The topological polar surface area (TPSA) is 40.5 Å². The predicted molar refractivity (Wildman–Crippen MR) is 64.7 cm³/mol. The first-order valence-corrected chi connectivity index (χ1v) is 6.24. The van der Waals surface area contributed by atoms with Gasteiger partial charge in [0.25, 0.3) is 0 Å². The van der Waals surface area contributed by atoms with E-state index in [4.69, 9.17) is 0 Å². The molecule has 0 radical (unpaired) electrons. The van der Waals surface area contributed by atoms with Gasteiger partial charge in [0.05, 0.1) is 5.54 Å². The van der Waals surface area contributed by atoms with Crippen LogP contribution in [0.15, 0.2) is 18.2 Å². The molecule has 1 N–H and O–H groups in total. The maximum Gasteiger partial charge on any atom is 0.223 e. The van der Waals surface area contributed by atoms with Gasteiger partial charge in [0, 0.05) is 13.0 Å². The van der Waals surface area contributed by atoms with Crippen molar-refractivity contribution in [1.82, 2.24) is 4.90 Å². The number of amides is 1. The lowest BCUT2D eigenvalue weighted by atomic mass is 9.76. The molecule has 0 aliphatic carbocycles. The van der Waals surface area contributed by atoms with Crippen molar-refractivity contribution in [1.29, 1.82) is 0 Å². The van der Waals surface area contributed by atoms with E-state index >= 15 is 0 Å². The molecule has 1 aromatic rings. The van der Waals surface area contributed by atoms with Gasteiger partial charge in [0.15, 0.2) is 0 Å². The van der Waals surface area contributed by atoms with E-state index in [1.807, 2.05) is 17.0 Å². The third-order valence-corrected chi connectivity index (χ3v) is 4.22. The quantitative estimate of drug-likeness (QED) is 0.743. The Labute approximate surface area is 101 Å². The van der Waals surface area contributed by atoms with Gasteiger partial charge in [-0.15, -0.1) is 0 Å². The molecule has 0 bridgehead atoms. The molecule has 0 saturated carbocycles. The number of carbonyl (C=O) groups excluding carboxylic acids is 1. The number of phenolic OH excluding ortho intramolecular Hbond substituents is 1. The zero-order chi connectivity index (χ0) is 12.0. The van der Waals surface area contributed by atoms with Crippen LogP contribution >= 0.6 is 0 Å². The summed E-state index contributed by atoms with van der Waals surface area (Å²) < 4.78 is 0. The highest BCUT2D eigenvalue weighted by Crippen LogP contribution is 2.43. The number of hydrogen-bond acceptors (Lipinski definition) is 2. The highest BCUT2D eigenvalue weighted by atomic mass is 16.3. The molecule has 2 aliphatic rings. The number of nitrogens with zero attached hydrogens (tertiary/aromatic N) is 1. The lowest BCUT2D eigenvalue weighted by Crippen LogP contribution is -2.54. The van der Waals surface area contributed by atoms with Crippen molar-refractivity contribution in [2.24, 2.45) is 0 Å². The second kappa shape index (κ2) is 3.49. The lowest BCUT2D eigenvalue weighted by molar-refractivity contribution is -0.142. The maximum absolute atomic E-state index is 12.0. The average molecular weight is 231 g/mol. The Balaban J connectivity index is 2.12.